The first-order valence-electron chi connectivity index (χ1n) is 10.1. The monoisotopic (exact) mass is 586 g/mol. The van der Waals surface area contributed by atoms with Crippen LogP contribution in [0.15, 0.2) is 75.9 Å². The molecule has 0 aliphatic rings. The number of aromatic carboxylic acids is 1. The van der Waals surface area contributed by atoms with E-state index in [0.717, 1.165) is 26.4 Å². The number of carboxylic acid groups (broad SMARTS) is 1. The molecule has 3 aromatic heterocycles. The van der Waals surface area contributed by atoms with E-state index < -0.39 is 17.8 Å². The van der Waals surface area contributed by atoms with E-state index in [0.29, 0.717) is 10.4 Å². The number of amides is 2. The largest absolute Gasteiger partial charge is 0.504 e. The van der Waals surface area contributed by atoms with E-state index in [-0.39, 0.29) is 21.2 Å². The van der Waals surface area contributed by atoms with Crippen LogP contribution in [0, 0.1) is 0 Å². The highest BCUT2D eigenvalue weighted by atomic mass is 79.9. The summed E-state index contributed by atoms with van der Waals surface area (Å²) in [6, 6.07) is 13.5. The molecule has 0 fully saturated rings. The standard InChI is InChI=1S/C18H13BrN2O4S2.C6H6N2O/c1-2-20-21(17(23)13-7-8-14(27-13)18(24)25)12-9-26-16(15(12)22)10-3-5-11(19)6-4-10;7-6(9)5-2-1-3-8-4-5/h2-9,22H,1H3,(H,24,25);1-4H,(H2,7,9). The zero-order chi connectivity index (χ0) is 26.2. The Balaban J connectivity index is 0.000000338. The predicted molar refractivity (Wildman–Crippen MR) is 144 cm³/mol. The van der Waals surface area contributed by atoms with Crippen LogP contribution in [0.25, 0.3) is 10.4 Å². The first kappa shape index (κ1) is 26.7. The summed E-state index contributed by atoms with van der Waals surface area (Å²) in [6.45, 7) is 1.65. The minimum Gasteiger partial charge on any atom is -0.504 e. The van der Waals surface area contributed by atoms with Crippen LogP contribution in [0.1, 0.15) is 36.6 Å². The molecule has 3 heterocycles. The van der Waals surface area contributed by atoms with E-state index in [1.807, 2.05) is 24.3 Å². The maximum absolute atomic E-state index is 12.8. The number of carbonyl (C=O) groups excluding carboxylic acids is 2. The van der Waals surface area contributed by atoms with Crippen LogP contribution in [-0.4, -0.2) is 39.2 Å². The number of pyridine rings is 1. The van der Waals surface area contributed by atoms with Crippen molar-refractivity contribution in [3.8, 4) is 16.2 Å². The Labute approximate surface area is 222 Å². The number of aromatic nitrogens is 1. The predicted octanol–water partition coefficient (Wildman–Crippen LogP) is 5.48. The molecule has 4 N–H and O–H groups in total. The number of anilines is 1. The second-order valence-electron chi connectivity index (χ2n) is 6.87. The maximum atomic E-state index is 12.8. The fraction of sp³-hybridized carbons (Fsp3) is 0.0417. The molecule has 1 aromatic carbocycles. The number of rotatable bonds is 6. The Kier molecular flexibility index (Phi) is 9.06. The van der Waals surface area contributed by atoms with E-state index >= 15 is 0 Å². The molecular weight excluding hydrogens is 568 g/mol. The number of carbonyl (C=O) groups is 3. The molecule has 184 valence electrons. The van der Waals surface area contributed by atoms with Gasteiger partial charge in [-0.25, -0.2) is 4.79 Å². The van der Waals surface area contributed by atoms with E-state index in [1.165, 1.54) is 35.9 Å². The molecule has 4 rings (SSSR count). The molecule has 4 aromatic rings. The molecule has 0 unspecified atom stereocenters. The van der Waals surface area contributed by atoms with Gasteiger partial charge < -0.3 is 15.9 Å². The van der Waals surface area contributed by atoms with Crippen LogP contribution in [0.3, 0.4) is 0 Å². The van der Waals surface area contributed by atoms with Gasteiger partial charge in [-0.1, -0.05) is 28.1 Å². The summed E-state index contributed by atoms with van der Waals surface area (Å²) in [5.41, 5.74) is 6.43. The van der Waals surface area contributed by atoms with Crippen molar-refractivity contribution in [2.24, 2.45) is 10.8 Å². The number of nitrogens with zero attached hydrogens (tertiary/aromatic N) is 3. The van der Waals surface area contributed by atoms with Crippen molar-refractivity contribution in [2.75, 3.05) is 5.01 Å². The first-order valence-corrected chi connectivity index (χ1v) is 12.6. The number of primary amides is 1. The van der Waals surface area contributed by atoms with Crippen molar-refractivity contribution >= 4 is 68.3 Å². The van der Waals surface area contributed by atoms with Crippen molar-refractivity contribution in [1.29, 1.82) is 0 Å². The smallest absolute Gasteiger partial charge is 0.345 e. The summed E-state index contributed by atoms with van der Waals surface area (Å²) in [6.07, 6.45) is 4.45. The number of hydrogen-bond acceptors (Lipinski definition) is 8. The van der Waals surface area contributed by atoms with Crippen LogP contribution in [0.4, 0.5) is 5.69 Å². The molecule has 0 atom stereocenters. The van der Waals surface area contributed by atoms with Gasteiger partial charge in [0.15, 0.2) is 5.75 Å². The molecule has 0 aliphatic heterocycles. The fourth-order valence-corrected chi connectivity index (χ4v) is 4.78. The zero-order valence-corrected chi connectivity index (χ0v) is 21.9. The van der Waals surface area contributed by atoms with Crippen LogP contribution >= 0.6 is 38.6 Å². The summed E-state index contributed by atoms with van der Waals surface area (Å²) in [5, 5.41) is 26.5. The molecule has 0 bridgehead atoms. The van der Waals surface area contributed by atoms with Gasteiger partial charge in [0.1, 0.15) is 10.6 Å². The third-order valence-corrected chi connectivity index (χ3v) is 7.07. The normalized spacial score (nSPS) is 10.5. The fourth-order valence-electron chi connectivity index (χ4n) is 2.82. The lowest BCUT2D eigenvalue weighted by Gasteiger charge is -2.15. The van der Waals surface area contributed by atoms with E-state index in [2.05, 4.69) is 26.0 Å². The first-order chi connectivity index (χ1) is 17.2. The molecule has 12 heteroatoms. The molecule has 2 amide bonds. The Bertz CT molecular complexity index is 1400. The molecule has 0 aliphatic carbocycles. The van der Waals surface area contributed by atoms with Crippen molar-refractivity contribution in [2.45, 2.75) is 6.92 Å². The number of nitrogens with two attached hydrogens (primary N) is 1. The minimum absolute atomic E-state index is 0.0590. The Morgan fingerprint density at radius 3 is 2.33 bits per heavy atom. The van der Waals surface area contributed by atoms with Gasteiger partial charge in [-0.2, -0.15) is 10.1 Å². The number of carboxylic acids is 1. The van der Waals surface area contributed by atoms with Gasteiger partial charge in [-0.05, 0) is 48.9 Å². The van der Waals surface area contributed by atoms with Crippen molar-refractivity contribution in [1.82, 2.24) is 4.98 Å². The number of aromatic hydroxyl groups is 1. The molecule has 9 nitrogen and oxygen atoms in total. The summed E-state index contributed by atoms with van der Waals surface area (Å²) in [4.78, 5) is 38.9. The highest BCUT2D eigenvalue weighted by Crippen LogP contribution is 2.44. The SMILES string of the molecule is CC=NN(C(=O)c1ccc(C(=O)O)s1)c1csc(-c2ccc(Br)cc2)c1O.NC(=O)c1cccnc1. The number of halogens is 1. The third-order valence-electron chi connectivity index (χ3n) is 4.48. The topological polar surface area (TPSA) is 146 Å². The molecule has 0 spiro atoms. The van der Waals surface area contributed by atoms with Gasteiger partial charge >= 0.3 is 5.97 Å². The van der Waals surface area contributed by atoms with Crippen molar-refractivity contribution in [3.05, 3.63) is 86.1 Å². The van der Waals surface area contributed by atoms with Crippen molar-refractivity contribution < 1.29 is 24.6 Å². The average Bonchev–Trinajstić information content (AvgIpc) is 3.51. The maximum Gasteiger partial charge on any atom is 0.345 e. The van der Waals surface area contributed by atoms with Gasteiger partial charge in [-0.15, -0.1) is 22.7 Å². The van der Waals surface area contributed by atoms with E-state index in [4.69, 9.17) is 10.8 Å². The summed E-state index contributed by atoms with van der Waals surface area (Å²) in [5.74, 6) is -2.11. The van der Waals surface area contributed by atoms with Gasteiger partial charge in [0.05, 0.1) is 15.3 Å². The van der Waals surface area contributed by atoms with Crippen molar-refractivity contribution in [3.63, 3.8) is 0 Å². The molecule has 36 heavy (non-hydrogen) atoms. The van der Waals surface area contributed by atoms with Gasteiger partial charge in [0.2, 0.25) is 5.91 Å². The number of hydrazone groups is 1. The minimum atomic E-state index is -1.10. The Morgan fingerprint density at radius 1 is 1.11 bits per heavy atom. The van der Waals surface area contributed by atoms with E-state index in [1.54, 1.807) is 30.6 Å². The highest BCUT2D eigenvalue weighted by Gasteiger charge is 2.25. The number of hydrogen-bond donors (Lipinski definition) is 3. The average molecular weight is 587 g/mol. The third kappa shape index (κ3) is 6.42. The van der Waals surface area contributed by atoms with Crippen LogP contribution in [0.2, 0.25) is 0 Å². The van der Waals surface area contributed by atoms with Gasteiger partial charge in [0, 0.05) is 28.5 Å². The second-order valence-corrected chi connectivity index (χ2v) is 9.75. The highest BCUT2D eigenvalue weighted by molar-refractivity contribution is 9.10. The molecular formula is C24H19BrN4O5S2. The van der Waals surface area contributed by atoms with Gasteiger partial charge in [-0.3, -0.25) is 14.6 Å². The molecule has 0 saturated carbocycles. The Hall–Kier alpha value is -3.87. The quantitative estimate of drug-likeness (QED) is 0.201. The number of benzene rings is 1. The second kappa shape index (κ2) is 12.2. The molecule has 0 radical (unpaired) electrons. The van der Waals surface area contributed by atoms with E-state index in [9.17, 15) is 19.5 Å². The lowest BCUT2D eigenvalue weighted by atomic mass is 10.2. The van der Waals surface area contributed by atoms with Crippen LogP contribution in [-0.2, 0) is 0 Å². The number of thiophene rings is 2. The van der Waals surface area contributed by atoms with Crippen LogP contribution < -0.4 is 10.7 Å². The summed E-state index contributed by atoms with van der Waals surface area (Å²) in [7, 11) is 0. The van der Waals surface area contributed by atoms with Crippen LogP contribution in [0.5, 0.6) is 5.75 Å². The van der Waals surface area contributed by atoms with Gasteiger partial charge in [0.25, 0.3) is 5.91 Å². The zero-order valence-electron chi connectivity index (χ0n) is 18.7. The Morgan fingerprint density at radius 2 is 1.81 bits per heavy atom. The summed E-state index contributed by atoms with van der Waals surface area (Å²) < 4.78 is 0.918. The molecule has 0 saturated heterocycles. The lowest BCUT2D eigenvalue weighted by Crippen LogP contribution is -2.24. The lowest BCUT2D eigenvalue weighted by molar-refractivity contribution is 0.0701. The summed E-state index contributed by atoms with van der Waals surface area (Å²) >= 11 is 5.52.